The van der Waals surface area contributed by atoms with Gasteiger partial charge in [0.1, 0.15) is 12.1 Å². The van der Waals surface area contributed by atoms with E-state index in [2.05, 4.69) is 63.0 Å². The van der Waals surface area contributed by atoms with E-state index in [1.165, 1.54) is 16.8 Å². The van der Waals surface area contributed by atoms with Crippen LogP contribution in [0.5, 0.6) is 0 Å². The van der Waals surface area contributed by atoms with Gasteiger partial charge in [-0.3, -0.25) is 0 Å². The van der Waals surface area contributed by atoms with Crippen molar-refractivity contribution < 1.29 is 0 Å². The van der Waals surface area contributed by atoms with Crippen molar-refractivity contribution in [3.05, 3.63) is 59.2 Å². The molecule has 6 nitrogen and oxygen atoms in total. The van der Waals surface area contributed by atoms with Gasteiger partial charge < -0.3 is 9.80 Å². The average Bonchev–Trinajstić information content (AvgIpc) is 3.02. The Kier molecular flexibility index (Phi) is 4.56. The van der Waals surface area contributed by atoms with Crippen LogP contribution in [-0.2, 0) is 0 Å². The molecule has 1 aromatic carbocycles. The number of rotatable bonds is 3. The molecule has 1 aliphatic heterocycles. The quantitative estimate of drug-likeness (QED) is 0.716. The Labute approximate surface area is 160 Å². The number of anilines is 2. The molecule has 1 fully saturated rings. The van der Waals surface area contributed by atoms with E-state index in [1.807, 2.05) is 24.6 Å². The van der Waals surface area contributed by atoms with Gasteiger partial charge in [-0.15, -0.1) is 0 Å². The van der Waals surface area contributed by atoms with Crippen molar-refractivity contribution >= 4 is 11.5 Å². The summed E-state index contributed by atoms with van der Waals surface area (Å²) in [5, 5.41) is 4.54. The monoisotopic (exact) mass is 362 g/mol. The minimum absolute atomic E-state index is 0.822. The summed E-state index contributed by atoms with van der Waals surface area (Å²) >= 11 is 0. The minimum Gasteiger partial charge on any atom is -0.368 e. The Morgan fingerprint density at radius 2 is 1.48 bits per heavy atom. The van der Waals surface area contributed by atoms with Gasteiger partial charge in [0.05, 0.1) is 5.69 Å². The number of piperazine rings is 1. The maximum Gasteiger partial charge on any atom is 0.159 e. The highest BCUT2D eigenvalue weighted by Gasteiger charge is 2.20. The largest absolute Gasteiger partial charge is 0.368 e. The van der Waals surface area contributed by atoms with E-state index >= 15 is 0 Å². The molecule has 0 amide bonds. The molecule has 0 bridgehead atoms. The molecule has 1 saturated heterocycles. The number of aromatic nitrogens is 4. The van der Waals surface area contributed by atoms with Gasteiger partial charge in [0, 0.05) is 43.6 Å². The first-order chi connectivity index (χ1) is 13.0. The van der Waals surface area contributed by atoms with Crippen molar-refractivity contribution in [1.82, 2.24) is 19.7 Å². The van der Waals surface area contributed by atoms with Crippen LogP contribution in [0.4, 0.5) is 11.5 Å². The van der Waals surface area contributed by atoms with Gasteiger partial charge in [-0.25, -0.2) is 14.6 Å². The molecular weight excluding hydrogens is 336 g/mol. The second kappa shape index (κ2) is 7.02. The fraction of sp³-hybridized carbons (Fsp3) is 0.381. The average molecular weight is 362 g/mol. The standard InChI is InChI=1S/C21H26N6/c1-15-5-6-16(2)19(11-15)25-7-9-26(10-8-25)20-13-21(23-14-22-20)27-18(4)12-17(3)24-27/h5-6,11-14H,7-10H2,1-4H3. The van der Waals surface area contributed by atoms with Crippen LogP contribution in [0.3, 0.4) is 0 Å². The smallest absolute Gasteiger partial charge is 0.159 e. The first kappa shape index (κ1) is 17.5. The molecule has 0 unspecified atom stereocenters. The normalized spacial score (nSPS) is 14.7. The second-order valence-electron chi connectivity index (χ2n) is 7.34. The number of nitrogens with zero attached hydrogens (tertiary/aromatic N) is 6. The van der Waals surface area contributed by atoms with E-state index in [4.69, 9.17) is 0 Å². The maximum absolute atomic E-state index is 4.54. The van der Waals surface area contributed by atoms with Gasteiger partial charge in [0.25, 0.3) is 0 Å². The van der Waals surface area contributed by atoms with E-state index in [1.54, 1.807) is 6.33 Å². The zero-order valence-electron chi connectivity index (χ0n) is 16.5. The Hall–Kier alpha value is -2.89. The molecule has 0 radical (unpaired) electrons. The molecule has 140 valence electrons. The van der Waals surface area contributed by atoms with Gasteiger partial charge in [-0.05, 0) is 51.0 Å². The molecule has 0 aliphatic carbocycles. The Balaban J connectivity index is 1.51. The molecule has 0 N–H and O–H groups in total. The van der Waals surface area contributed by atoms with E-state index in [9.17, 15) is 0 Å². The molecule has 0 saturated carbocycles. The number of aryl methyl sites for hydroxylation is 4. The van der Waals surface area contributed by atoms with E-state index < -0.39 is 0 Å². The minimum atomic E-state index is 0.822. The zero-order chi connectivity index (χ0) is 19.0. The van der Waals surface area contributed by atoms with Gasteiger partial charge >= 0.3 is 0 Å². The van der Waals surface area contributed by atoms with Crippen molar-refractivity contribution in [2.75, 3.05) is 36.0 Å². The summed E-state index contributed by atoms with van der Waals surface area (Å²) in [7, 11) is 0. The van der Waals surface area contributed by atoms with E-state index in [0.717, 1.165) is 49.2 Å². The van der Waals surface area contributed by atoms with Crippen LogP contribution in [-0.4, -0.2) is 45.9 Å². The van der Waals surface area contributed by atoms with Gasteiger partial charge in [0.2, 0.25) is 0 Å². The van der Waals surface area contributed by atoms with E-state index in [-0.39, 0.29) is 0 Å². The number of benzene rings is 1. The highest BCUT2D eigenvalue weighted by molar-refractivity contribution is 5.56. The van der Waals surface area contributed by atoms with Crippen LogP contribution in [0.15, 0.2) is 36.7 Å². The fourth-order valence-electron chi connectivity index (χ4n) is 3.72. The third-order valence-electron chi connectivity index (χ3n) is 5.17. The lowest BCUT2D eigenvalue weighted by molar-refractivity contribution is 0.644. The first-order valence-electron chi connectivity index (χ1n) is 9.44. The van der Waals surface area contributed by atoms with Gasteiger partial charge in [0.15, 0.2) is 5.82 Å². The van der Waals surface area contributed by atoms with Crippen molar-refractivity contribution in [2.45, 2.75) is 27.7 Å². The van der Waals surface area contributed by atoms with Crippen molar-refractivity contribution in [3.8, 4) is 5.82 Å². The van der Waals surface area contributed by atoms with Crippen LogP contribution < -0.4 is 9.80 Å². The third-order valence-corrected chi connectivity index (χ3v) is 5.17. The second-order valence-corrected chi connectivity index (χ2v) is 7.34. The SMILES string of the molecule is Cc1ccc(C)c(N2CCN(c3cc(-n4nc(C)cc4C)ncn3)CC2)c1. The summed E-state index contributed by atoms with van der Waals surface area (Å²) in [6.45, 7) is 12.3. The summed E-state index contributed by atoms with van der Waals surface area (Å²) < 4.78 is 1.88. The van der Waals surface area contributed by atoms with Crippen molar-refractivity contribution in [2.24, 2.45) is 0 Å². The van der Waals surface area contributed by atoms with Crippen molar-refractivity contribution in [1.29, 1.82) is 0 Å². The molecular formula is C21H26N6. The highest BCUT2D eigenvalue weighted by Crippen LogP contribution is 2.24. The summed E-state index contributed by atoms with van der Waals surface area (Å²) in [6.07, 6.45) is 1.64. The lowest BCUT2D eigenvalue weighted by atomic mass is 10.1. The lowest BCUT2D eigenvalue weighted by Gasteiger charge is -2.37. The molecule has 1 aliphatic rings. The van der Waals surface area contributed by atoms with Gasteiger partial charge in [-0.1, -0.05) is 12.1 Å². The molecule has 3 aromatic rings. The van der Waals surface area contributed by atoms with Crippen LogP contribution in [0.1, 0.15) is 22.5 Å². The Morgan fingerprint density at radius 1 is 0.778 bits per heavy atom. The van der Waals surface area contributed by atoms with Crippen LogP contribution >= 0.6 is 0 Å². The lowest BCUT2D eigenvalue weighted by Crippen LogP contribution is -2.47. The van der Waals surface area contributed by atoms with Crippen LogP contribution in [0.25, 0.3) is 5.82 Å². The van der Waals surface area contributed by atoms with Gasteiger partial charge in [-0.2, -0.15) is 5.10 Å². The van der Waals surface area contributed by atoms with E-state index in [0.29, 0.717) is 0 Å². The molecule has 2 aromatic heterocycles. The summed E-state index contributed by atoms with van der Waals surface area (Å²) in [4.78, 5) is 13.7. The van der Waals surface area contributed by atoms with Crippen LogP contribution in [0.2, 0.25) is 0 Å². The summed E-state index contributed by atoms with van der Waals surface area (Å²) in [5.41, 5.74) is 6.07. The summed E-state index contributed by atoms with van der Waals surface area (Å²) in [5.74, 6) is 1.79. The molecule has 27 heavy (non-hydrogen) atoms. The molecule has 0 spiro atoms. The predicted octanol–water partition coefficient (Wildman–Crippen LogP) is 3.22. The molecule has 0 atom stereocenters. The molecule has 3 heterocycles. The number of hydrogen-bond acceptors (Lipinski definition) is 5. The van der Waals surface area contributed by atoms with Crippen LogP contribution in [0, 0.1) is 27.7 Å². The summed E-state index contributed by atoms with van der Waals surface area (Å²) in [6, 6.07) is 10.8. The Morgan fingerprint density at radius 3 is 2.19 bits per heavy atom. The fourth-order valence-corrected chi connectivity index (χ4v) is 3.72. The maximum atomic E-state index is 4.54. The Bertz CT molecular complexity index is 953. The number of hydrogen-bond donors (Lipinski definition) is 0. The zero-order valence-corrected chi connectivity index (χ0v) is 16.5. The first-order valence-corrected chi connectivity index (χ1v) is 9.44. The molecule has 4 rings (SSSR count). The highest BCUT2D eigenvalue weighted by atomic mass is 15.3. The topological polar surface area (TPSA) is 50.1 Å². The van der Waals surface area contributed by atoms with Crippen molar-refractivity contribution in [3.63, 3.8) is 0 Å². The molecule has 6 heteroatoms. The predicted molar refractivity (Wildman–Crippen MR) is 109 cm³/mol. The third kappa shape index (κ3) is 3.52.